The molecule has 0 spiro atoms. The third-order valence-corrected chi connectivity index (χ3v) is 6.87. The van der Waals surface area contributed by atoms with Gasteiger partial charge in [-0.15, -0.1) is 0 Å². The molecule has 0 aliphatic rings. The molecule has 2 unspecified atom stereocenters. The molecule has 2 N–H and O–H groups in total. The zero-order valence-corrected chi connectivity index (χ0v) is 21.9. The van der Waals surface area contributed by atoms with Crippen molar-refractivity contribution < 1.29 is 14.6 Å². The molecular weight excluding hydrogens is 434 g/mol. The van der Waals surface area contributed by atoms with Gasteiger partial charge in [0.1, 0.15) is 0 Å². The lowest BCUT2D eigenvalue weighted by molar-refractivity contribution is -0.131. The number of carbonyl (C=O) groups excluding carboxylic acids is 1. The molecule has 0 saturated carbocycles. The Kier molecular flexibility index (Phi) is 7.08. The predicted octanol–water partition coefficient (Wildman–Crippen LogP) is 6.47. The molecule has 0 aromatic heterocycles. The molecule has 0 heterocycles. The van der Waals surface area contributed by atoms with Crippen LogP contribution >= 0.6 is 0 Å². The smallest absolute Gasteiger partial charge is 0.225 e. The summed E-state index contributed by atoms with van der Waals surface area (Å²) in [5, 5.41) is 20.9. The van der Waals surface area contributed by atoms with Gasteiger partial charge in [0.25, 0.3) is 0 Å². The van der Waals surface area contributed by atoms with Gasteiger partial charge in [-0.2, -0.15) is 0 Å². The fraction of sp³-hybridized carbons (Fsp3) is 0.452. The zero-order chi connectivity index (χ0) is 25.4. The molecular formula is C31H39NO3. The van der Waals surface area contributed by atoms with E-state index < -0.39 is 11.5 Å². The van der Waals surface area contributed by atoms with Gasteiger partial charge in [-0.25, -0.2) is 0 Å². The first-order chi connectivity index (χ1) is 16.4. The number of hydrogen-bond acceptors (Lipinski definition) is 3. The van der Waals surface area contributed by atoms with E-state index >= 15 is 0 Å². The molecule has 4 nitrogen and oxygen atoms in total. The van der Waals surface area contributed by atoms with Gasteiger partial charge < -0.3 is 15.2 Å². The van der Waals surface area contributed by atoms with Crippen molar-refractivity contribution in [1.82, 2.24) is 5.32 Å². The van der Waals surface area contributed by atoms with Gasteiger partial charge in [-0.3, -0.25) is 4.79 Å². The van der Waals surface area contributed by atoms with Crippen LogP contribution in [-0.2, 0) is 16.0 Å². The largest absolute Gasteiger partial charge is 0.389 e. The third kappa shape index (κ3) is 5.76. The van der Waals surface area contributed by atoms with E-state index in [2.05, 4.69) is 66.8 Å². The minimum atomic E-state index is -0.719. The standard InChI is InChI=1S/C31H39NO3/c1-20(17-31(5,6)29(34)32-18-25(33)19-35-30(2,3)4)16-24-13-12-23-11-10-21-8-7-9-22-14-15-26(24)28(23)27(21)22/h7-15,20,25,33H,16-19H2,1-6H3,(H,32,34). The van der Waals surface area contributed by atoms with E-state index in [0.29, 0.717) is 5.92 Å². The number of carbonyl (C=O) groups is 1. The number of rotatable bonds is 9. The van der Waals surface area contributed by atoms with Crippen LogP contribution < -0.4 is 5.32 Å². The summed E-state index contributed by atoms with van der Waals surface area (Å²) in [5.74, 6) is 0.290. The zero-order valence-electron chi connectivity index (χ0n) is 21.9. The predicted molar refractivity (Wildman–Crippen MR) is 146 cm³/mol. The normalized spacial score (nSPS) is 14.6. The van der Waals surface area contributed by atoms with E-state index in [0.717, 1.165) is 12.8 Å². The average molecular weight is 474 g/mol. The number of amides is 1. The maximum atomic E-state index is 12.9. The maximum Gasteiger partial charge on any atom is 0.225 e. The fourth-order valence-corrected chi connectivity index (χ4v) is 5.24. The van der Waals surface area contributed by atoms with Crippen LogP contribution in [0.15, 0.2) is 54.6 Å². The minimum Gasteiger partial charge on any atom is -0.389 e. The van der Waals surface area contributed by atoms with Crippen molar-refractivity contribution in [2.75, 3.05) is 13.2 Å². The van der Waals surface area contributed by atoms with Gasteiger partial charge in [0, 0.05) is 12.0 Å². The van der Waals surface area contributed by atoms with Crippen LogP contribution in [0, 0.1) is 11.3 Å². The van der Waals surface area contributed by atoms with Gasteiger partial charge in [0.05, 0.1) is 18.3 Å². The molecule has 4 aromatic carbocycles. The molecule has 186 valence electrons. The third-order valence-electron chi connectivity index (χ3n) is 6.87. The minimum absolute atomic E-state index is 0.0328. The molecule has 0 fully saturated rings. The topological polar surface area (TPSA) is 58.6 Å². The van der Waals surface area contributed by atoms with Crippen LogP contribution in [0.2, 0.25) is 0 Å². The Morgan fingerprint density at radius 3 is 2.17 bits per heavy atom. The van der Waals surface area contributed by atoms with Crippen LogP contribution in [-0.4, -0.2) is 35.9 Å². The Balaban J connectivity index is 1.44. The Morgan fingerprint density at radius 2 is 1.51 bits per heavy atom. The molecule has 0 radical (unpaired) electrons. The van der Waals surface area contributed by atoms with Crippen LogP contribution in [0.4, 0.5) is 0 Å². The van der Waals surface area contributed by atoms with E-state index in [1.807, 2.05) is 34.6 Å². The van der Waals surface area contributed by atoms with Gasteiger partial charge in [-0.05, 0) is 77.4 Å². The van der Waals surface area contributed by atoms with Crippen molar-refractivity contribution in [3.05, 3.63) is 60.2 Å². The van der Waals surface area contributed by atoms with Crippen molar-refractivity contribution in [1.29, 1.82) is 0 Å². The number of aliphatic hydroxyl groups excluding tert-OH is 1. The second-order valence-electron chi connectivity index (χ2n) is 11.8. The summed E-state index contributed by atoms with van der Waals surface area (Å²) in [7, 11) is 0. The number of aliphatic hydroxyl groups is 1. The molecule has 35 heavy (non-hydrogen) atoms. The van der Waals surface area contributed by atoms with Gasteiger partial charge in [-0.1, -0.05) is 75.4 Å². The lowest BCUT2D eigenvalue weighted by Crippen LogP contribution is -2.43. The lowest BCUT2D eigenvalue weighted by Gasteiger charge is -2.28. The summed E-state index contributed by atoms with van der Waals surface area (Å²) in [6.07, 6.45) is 0.950. The summed E-state index contributed by atoms with van der Waals surface area (Å²) in [4.78, 5) is 12.9. The summed E-state index contributed by atoms with van der Waals surface area (Å²) >= 11 is 0. The molecule has 0 bridgehead atoms. The van der Waals surface area contributed by atoms with Gasteiger partial charge >= 0.3 is 0 Å². The van der Waals surface area contributed by atoms with E-state index in [4.69, 9.17) is 4.74 Å². The van der Waals surface area contributed by atoms with Crippen LogP contribution in [0.5, 0.6) is 0 Å². The van der Waals surface area contributed by atoms with Crippen molar-refractivity contribution >= 4 is 38.2 Å². The van der Waals surface area contributed by atoms with E-state index in [-0.39, 0.29) is 24.7 Å². The molecule has 1 amide bonds. The Morgan fingerprint density at radius 1 is 0.914 bits per heavy atom. The molecule has 4 heteroatoms. The molecule has 0 saturated heterocycles. The quantitative estimate of drug-likeness (QED) is 0.274. The molecule has 0 aliphatic carbocycles. The molecule has 0 aliphatic heterocycles. The Hall–Kier alpha value is -2.69. The van der Waals surface area contributed by atoms with Crippen molar-refractivity contribution in [2.24, 2.45) is 11.3 Å². The van der Waals surface area contributed by atoms with Gasteiger partial charge in [0.2, 0.25) is 5.91 Å². The summed E-state index contributed by atoms with van der Waals surface area (Å²) in [6.45, 7) is 12.4. The number of nitrogens with one attached hydrogen (secondary N) is 1. The maximum absolute atomic E-state index is 12.9. The van der Waals surface area contributed by atoms with Crippen molar-refractivity contribution in [3.8, 4) is 0 Å². The monoisotopic (exact) mass is 473 g/mol. The summed E-state index contributed by atoms with van der Waals surface area (Å²) in [5.41, 5.74) is 0.479. The van der Waals surface area contributed by atoms with Crippen LogP contribution in [0.1, 0.15) is 53.5 Å². The molecule has 4 rings (SSSR count). The molecule has 2 atom stereocenters. The molecule has 4 aromatic rings. The van der Waals surface area contributed by atoms with Crippen LogP contribution in [0.25, 0.3) is 32.3 Å². The lowest BCUT2D eigenvalue weighted by atomic mass is 9.79. The first-order valence-corrected chi connectivity index (χ1v) is 12.7. The van der Waals surface area contributed by atoms with Crippen molar-refractivity contribution in [3.63, 3.8) is 0 Å². The summed E-state index contributed by atoms with van der Waals surface area (Å²) in [6, 6.07) is 19.9. The highest BCUT2D eigenvalue weighted by Crippen LogP contribution is 2.37. The highest BCUT2D eigenvalue weighted by Gasteiger charge is 2.30. The fourth-order valence-electron chi connectivity index (χ4n) is 5.24. The Bertz CT molecular complexity index is 1300. The van der Waals surface area contributed by atoms with Crippen LogP contribution in [0.3, 0.4) is 0 Å². The van der Waals surface area contributed by atoms with E-state index in [1.165, 1.54) is 37.9 Å². The summed E-state index contributed by atoms with van der Waals surface area (Å²) < 4.78 is 5.62. The average Bonchev–Trinajstić information content (AvgIpc) is 2.79. The van der Waals surface area contributed by atoms with Crippen molar-refractivity contribution in [2.45, 2.75) is 66.1 Å². The second kappa shape index (κ2) is 9.75. The highest BCUT2D eigenvalue weighted by atomic mass is 16.5. The first-order valence-electron chi connectivity index (χ1n) is 12.7. The Labute approximate surface area is 209 Å². The number of hydrogen-bond donors (Lipinski definition) is 2. The van der Waals surface area contributed by atoms with Gasteiger partial charge in [0.15, 0.2) is 0 Å². The number of benzene rings is 4. The highest BCUT2D eigenvalue weighted by molar-refractivity contribution is 6.23. The van der Waals surface area contributed by atoms with E-state index in [9.17, 15) is 9.90 Å². The van der Waals surface area contributed by atoms with E-state index in [1.54, 1.807) is 0 Å². The second-order valence-corrected chi connectivity index (χ2v) is 11.8. The SMILES string of the molecule is CC(Cc1ccc2ccc3cccc4ccc1c2c34)CC(C)(C)C(=O)NCC(O)COC(C)(C)C. The number of ether oxygens (including phenoxy) is 1. The first kappa shape index (κ1) is 25.4.